The fourth-order valence-electron chi connectivity index (χ4n) is 1.13. The molecule has 0 saturated carbocycles. The van der Waals surface area contributed by atoms with Gasteiger partial charge in [-0.1, -0.05) is 0 Å². The zero-order valence-electron chi connectivity index (χ0n) is 6.37. The molecule has 1 aliphatic heterocycles. The Labute approximate surface area is 61.9 Å². The van der Waals surface area contributed by atoms with Gasteiger partial charge in [-0.15, -0.1) is 0 Å². The molecular weight excluding hydrogens is 150 g/mol. The van der Waals surface area contributed by atoms with Gasteiger partial charge in [0, 0.05) is 12.3 Å². The molecule has 0 aliphatic carbocycles. The second-order valence-corrected chi connectivity index (χ2v) is 5.20. The van der Waals surface area contributed by atoms with Gasteiger partial charge in [-0.2, -0.15) is 0 Å². The van der Waals surface area contributed by atoms with Gasteiger partial charge in [0.05, 0.1) is 5.75 Å². The van der Waals surface area contributed by atoms with Crippen LogP contribution in [-0.4, -0.2) is 45.0 Å². The minimum atomic E-state index is -2.76. The molecule has 0 spiro atoms. The standard InChI is InChI=1S/C6H13NO2S/c1-7-4-3-6(7)5-10(2,8)9/h6H,3-5H2,1-2H3/t6-/m0/s1. The van der Waals surface area contributed by atoms with Crippen LogP contribution >= 0.6 is 0 Å². The monoisotopic (exact) mass is 163 g/mol. The Kier molecular flexibility index (Phi) is 2.01. The van der Waals surface area contributed by atoms with Crippen molar-refractivity contribution in [2.45, 2.75) is 12.5 Å². The highest BCUT2D eigenvalue weighted by molar-refractivity contribution is 7.90. The van der Waals surface area contributed by atoms with Crippen molar-refractivity contribution in [3.63, 3.8) is 0 Å². The normalized spacial score (nSPS) is 28.0. The third-order valence-electron chi connectivity index (χ3n) is 1.93. The summed E-state index contributed by atoms with van der Waals surface area (Å²) in [4.78, 5) is 2.07. The molecule has 1 fully saturated rings. The van der Waals surface area contributed by atoms with Crippen LogP contribution in [0.3, 0.4) is 0 Å². The summed E-state index contributed by atoms with van der Waals surface area (Å²) in [5.41, 5.74) is 0. The van der Waals surface area contributed by atoms with Crippen LogP contribution in [0.2, 0.25) is 0 Å². The Balaban J connectivity index is 2.40. The first-order chi connectivity index (χ1) is 4.49. The van der Waals surface area contributed by atoms with Gasteiger partial charge in [0.15, 0.2) is 0 Å². The van der Waals surface area contributed by atoms with E-state index < -0.39 is 9.84 Å². The van der Waals surface area contributed by atoms with Crippen molar-refractivity contribution in [2.75, 3.05) is 25.6 Å². The van der Waals surface area contributed by atoms with Crippen LogP contribution in [-0.2, 0) is 9.84 Å². The summed E-state index contributed by atoms with van der Waals surface area (Å²) >= 11 is 0. The van der Waals surface area contributed by atoms with Crippen LogP contribution in [0, 0.1) is 0 Å². The number of hydrogen-bond donors (Lipinski definition) is 0. The van der Waals surface area contributed by atoms with Gasteiger partial charge >= 0.3 is 0 Å². The highest BCUT2D eigenvalue weighted by atomic mass is 32.2. The van der Waals surface area contributed by atoms with Crippen LogP contribution in [0.5, 0.6) is 0 Å². The minimum Gasteiger partial charge on any atom is -0.302 e. The SMILES string of the molecule is CN1CC[C@H]1CS(C)(=O)=O. The van der Waals surface area contributed by atoms with Crippen LogP contribution < -0.4 is 0 Å². The van der Waals surface area contributed by atoms with Gasteiger partial charge in [-0.3, -0.25) is 0 Å². The Morgan fingerprint density at radius 1 is 1.60 bits per heavy atom. The molecule has 0 aromatic heterocycles. The molecular formula is C6H13NO2S. The lowest BCUT2D eigenvalue weighted by Crippen LogP contribution is -2.48. The van der Waals surface area contributed by atoms with E-state index in [4.69, 9.17) is 0 Å². The number of sulfone groups is 1. The van der Waals surface area contributed by atoms with E-state index >= 15 is 0 Å². The van der Waals surface area contributed by atoms with E-state index in [1.165, 1.54) is 6.26 Å². The second kappa shape index (κ2) is 2.51. The van der Waals surface area contributed by atoms with E-state index in [2.05, 4.69) is 4.90 Å². The summed E-state index contributed by atoms with van der Waals surface area (Å²) in [7, 11) is -0.801. The molecule has 0 N–H and O–H groups in total. The Hall–Kier alpha value is -0.0900. The van der Waals surface area contributed by atoms with Crippen molar-refractivity contribution in [3.8, 4) is 0 Å². The summed E-state index contributed by atoms with van der Waals surface area (Å²) in [5, 5.41) is 0. The first-order valence-electron chi connectivity index (χ1n) is 3.37. The maximum Gasteiger partial charge on any atom is 0.148 e. The molecule has 3 nitrogen and oxygen atoms in total. The summed E-state index contributed by atoms with van der Waals surface area (Å²) in [5.74, 6) is 0.323. The molecule has 10 heavy (non-hydrogen) atoms. The fourth-order valence-corrected chi connectivity index (χ4v) is 2.25. The predicted molar refractivity (Wildman–Crippen MR) is 40.7 cm³/mol. The average Bonchev–Trinajstić information content (AvgIpc) is 1.78. The van der Waals surface area contributed by atoms with Crippen molar-refractivity contribution in [1.29, 1.82) is 0 Å². The molecule has 1 aliphatic rings. The Morgan fingerprint density at radius 3 is 2.30 bits per heavy atom. The van der Waals surface area contributed by atoms with E-state index in [-0.39, 0.29) is 6.04 Å². The lowest BCUT2D eigenvalue weighted by atomic mass is 10.1. The quantitative estimate of drug-likeness (QED) is 0.562. The molecule has 1 heterocycles. The van der Waals surface area contributed by atoms with Gasteiger partial charge in [-0.05, 0) is 20.0 Å². The maximum atomic E-state index is 10.8. The van der Waals surface area contributed by atoms with Crippen LogP contribution in [0.4, 0.5) is 0 Å². The summed E-state index contributed by atoms with van der Waals surface area (Å²) in [6.45, 7) is 1.04. The fraction of sp³-hybridized carbons (Fsp3) is 1.00. The van der Waals surface area contributed by atoms with Crippen molar-refractivity contribution in [2.24, 2.45) is 0 Å². The van der Waals surface area contributed by atoms with Crippen LogP contribution in [0.25, 0.3) is 0 Å². The maximum absolute atomic E-state index is 10.8. The van der Waals surface area contributed by atoms with E-state index in [0.29, 0.717) is 5.75 Å². The smallest absolute Gasteiger partial charge is 0.148 e. The Morgan fingerprint density at radius 2 is 2.20 bits per heavy atom. The van der Waals surface area contributed by atoms with Gasteiger partial charge in [0.2, 0.25) is 0 Å². The molecule has 60 valence electrons. The lowest BCUT2D eigenvalue weighted by Gasteiger charge is -2.37. The minimum absolute atomic E-state index is 0.287. The second-order valence-electron chi connectivity index (χ2n) is 3.02. The van der Waals surface area contributed by atoms with Gasteiger partial charge in [-0.25, -0.2) is 8.42 Å². The molecule has 0 aromatic rings. The molecule has 0 aromatic carbocycles. The van der Waals surface area contributed by atoms with Crippen molar-refractivity contribution < 1.29 is 8.42 Å². The number of nitrogens with zero attached hydrogens (tertiary/aromatic N) is 1. The van der Waals surface area contributed by atoms with Crippen LogP contribution in [0.15, 0.2) is 0 Å². The molecule has 1 saturated heterocycles. The van der Waals surface area contributed by atoms with E-state index in [1.807, 2.05) is 7.05 Å². The first kappa shape index (κ1) is 8.01. The molecule has 0 bridgehead atoms. The number of rotatable bonds is 2. The largest absolute Gasteiger partial charge is 0.302 e. The third kappa shape index (κ3) is 1.95. The van der Waals surface area contributed by atoms with E-state index in [9.17, 15) is 8.42 Å². The first-order valence-corrected chi connectivity index (χ1v) is 5.43. The van der Waals surface area contributed by atoms with Crippen molar-refractivity contribution in [1.82, 2.24) is 4.90 Å². The number of likely N-dealkylation sites (tertiary alicyclic amines) is 1. The lowest BCUT2D eigenvalue weighted by molar-refractivity contribution is 0.145. The topological polar surface area (TPSA) is 37.4 Å². The van der Waals surface area contributed by atoms with Crippen molar-refractivity contribution >= 4 is 9.84 Å². The number of hydrogen-bond acceptors (Lipinski definition) is 3. The van der Waals surface area contributed by atoms with Crippen molar-refractivity contribution in [3.05, 3.63) is 0 Å². The van der Waals surface area contributed by atoms with E-state index in [1.54, 1.807) is 0 Å². The molecule has 0 unspecified atom stereocenters. The zero-order chi connectivity index (χ0) is 7.78. The molecule has 1 rings (SSSR count). The molecule has 1 atom stereocenters. The molecule has 4 heteroatoms. The highest BCUT2D eigenvalue weighted by Gasteiger charge is 2.26. The van der Waals surface area contributed by atoms with Gasteiger partial charge in [0.1, 0.15) is 9.84 Å². The predicted octanol–water partition coefficient (Wildman–Crippen LogP) is -0.265. The summed E-state index contributed by atoms with van der Waals surface area (Å²) in [6, 6.07) is 0.287. The average molecular weight is 163 g/mol. The molecule has 0 radical (unpaired) electrons. The van der Waals surface area contributed by atoms with Gasteiger partial charge < -0.3 is 4.90 Å². The summed E-state index contributed by atoms with van der Waals surface area (Å²) < 4.78 is 21.5. The Bertz CT molecular complexity index is 210. The third-order valence-corrected chi connectivity index (χ3v) is 2.92. The van der Waals surface area contributed by atoms with Gasteiger partial charge in [0.25, 0.3) is 0 Å². The molecule has 0 amide bonds. The van der Waals surface area contributed by atoms with E-state index in [0.717, 1.165) is 13.0 Å². The summed E-state index contributed by atoms with van der Waals surface area (Å²) in [6.07, 6.45) is 2.32. The highest BCUT2D eigenvalue weighted by Crippen LogP contribution is 2.15. The van der Waals surface area contributed by atoms with Crippen LogP contribution in [0.1, 0.15) is 6.42 Å². The zero-order valence-corrected chi connectivity index (χ0v) is 7.19.